The summed E-state index contributed by atoms with van der Waals surface area (Å²) in [7, 11) is 0. The van der Waals surface area contributed by atoms with Crippen LogP contribution in [0.2, 0.25) is 0 Å². The smallest absolute Gasteiger partial charge is 0.120 e. The van der Waals surface area contributed by atoms with Crippen molar-refractivity contribution < 1.29 is 4.74 Å². The highest BCUT2D eigenvalue weighted by atomic mass is 27.0. The van der Waals surface area contributed by atoms with E-state index in [1.54, 1.807) is 0 Å². The van der Waals surface area contributed by atoms with Crippen LogP contribution in [0.1, 0.15) is 33.3 Å². The van der Waals surface area contributed by atoms with Crippen LogP contribution in [0.4, 0.5) is 5.69 Å². The van der Waals surface area contributed by atoms with E-state index in [1.165, 1.54) is 16.8 Å². The summed E-state index contributed by atoms with van der Waals surface area (Å²) in [6.07, 6.45) is 2.26. The van der Waals surface area contributed by atoms with Crippen molar-refractivity contribution in [2.75, 3.05) is 11.9 Å². The second-order valence-corrected chi connectivity index (χ2v) is 4.81. The Morgan fingerprint density at radius 2 is 2.00 bits per heavy atom. The molecule has 1 aromatic carbocycles. The molecule has 3 radical (unpaired) electrons. The van der Waals surface area contributed by atoms with Gasteiger partial charge in [-0.2, -0.15) is 0 Å². The van der Waals surface area contributed by atoms with Crippen molar-refractivity contribution in [2.45, 2.75) is 33.2 Å². The molecule has 0 spiro atoms. The zero-order valence-corrected chi connectivity index (χ0v) is 12.2. The largest absolute Gasteiger partial charge is 0.494 e. The molecule has 1 aromatic rings. The van der Waals surface area contributed by atoms with E-state index in [0.29, 0.717) is 6.61 Å². The monoisotopic (exact) mass is 244 g/mol. The van der Waals surface area contributed by atoms with E-state index in [4.69, 9.17) is 4.74 Å². The quantitative estimate of drug-likeness (QED) is 0.806. The summed E-state index contributed by atoms with van der Waals surface area (Å²) in [6, 6.07) is 6.22. The zero-order valence-electron chi connectivity index (χ0n) is 11.0. The second kappa shape index (κ2) is 5.16. The van der Waals surface area contributed by atoms with Gasteiger partial charge >= 0.3 is 0 Å². The lowest BCUT2D eigenvalue weighted by atomic mass is 9.91. The van der Waals surface area contributed by atoms with Crippen LogP contribution in [0.25, 0.3) is 5.57 Å². The van der Waals surface area contributed by atoms with Crippen LogP contribution in [0, 0.1) is 0 Å². The molecule has 0 aromatic heterocycles. The minimum atomic E-state index is 0. The number of ether oxygens (including phenoxy) is 1. The topological polar surface area (TPSA) is 21.3 Å². The molecular weight excluding hydrogens is 225 g/mol. The first-order chi connectivity index (χ1) is 7.52. The van der Waals surface area contributed by atoms with E-state index < -0.39 is 0 Å². The molecular formula is C14H19AlNO. The summed E-state index contributed by atoms with van der Waals surface area (Å²) in [5, 5.41) is 3.50. The van der Waals surface area contributed by atoms with Crippen LogP contribution >= 0.6 is 0 Å². The molecule has 89 valence electrons. The molecule has 1 N–H and O–H groups in total. The van der Waals surface area contributed by atoms with Gasteiger partial charge in [-0.15, -0.1) is 0 Å². The lowest BCUT2D eigenvalue weighted by Gasteiger charge is -2.31. The minimum absolute atomic E-state index is 0. The SMILES string of the molecule is CCOc1ccc2c(c1)C(C)=CC(C)(C)N2.[Al]. The van der Waals surface area contributed by atoms with Gasteiger partial charge in [0.15, 0.2) is 0 Å². The minimum Gasteiger partial charge on any atom is -0.494 e. The van der Waals surface area contributed by atoms with E-state index in [2.05, 4.69) is 44.3 Å². The Balaban J connectivity index is 0.00000144. The highest BCUT2D eigenvalue weighted by Crippen LogP contribution is 2.35. The summed E-state index contributed by atoms with van der Waals surface area (Å²) >= 11 is 0. The number of rotatable bonds is 2. The summed E-state index contributed by atoms with van der Waals surface area (Å²) < 4.78 is 5.52. The predicted molar refractivity (Wildman–Crippen MR) is 74.7 cm³/mol. The van der Waals surface area contributed by atoms with E-state index in [9.17, 15) is 0 Å². The molecule has 0 bridgehead atoms. The summed E-state index contributed by atoms with van der Waals surface area (Å²) in [5.41, 5.74) is 3.77. The number of fused-ring (bicyclic) bond motifs is 1. The van der Waals surface area contributed by atoms with Crippen LogP contribution in [0.15, 0.2) is 24.3 Å². The fourth-order valence-electron chi connectivity index (χ4n) is 2.22. The van der Waals surface area contributed by atoms with Crippen molar-refractivity contribution in [3.05, 3.63) is 29.8 Å². The molecule has 2 rings (SSSR count). The van der Waals surface area contributed by atoms with Gasteiger partial charge in [-0.05, 0) is 51.5 Å². The van der Waals surface area contributed by atoms with Gasteiger partial charge in [-0.3, -0.25) is 0 Å². The van der Waals surface area contributed by atoms with Gasteiger partial charge in [-0.1, -0.05) is 6.08 Å². The molecule has 0 saturated heterocycles. The Labute approximate surface area is 114 Å². The molecule has 0 fully saturated rings. The van der Waals surface area contributed by atoms with Gasteiger partial charge in [0.2, 0.25) is 0 Å². The Morgan fingerprint density at radius 3 is 2.65 bits per heavy atom. The van der Waals surface area contributed by atoms with Crippen molar-refractivity contribution in [3.8, 4) is 5.75 Å². The number of nitrogens with one attached hydrogen (secondary N) is 1. The van der Waals surface area contributed by atoms with Gasteiger partial charge < -0.3 is 10.1 Å². The van der Waals surface area contributed by atoms with Crippen LogP contribution in [-0.2, 0) is 0 Å². The zero-order chi connectivity index (χ0) is 11.8. The Kier molecular flexibility index (Phi) is 4.30. The van der Waals surface area contributed by atoms with Crippen LogP contribution in [0.5, 0.6) is 5.75 Å². The first-order valence-corrected chi connectivity index (χ1v) is 5.77. The highest BCUT2D eigenvalue weighted by molar-refractivity contribution is 5.80. The van der Waals surface area contributed by atoms with Gasteiger partial charge in [0.05, 0.1) is 12.1 Å². The number of allylic oxidation sites excluding steroid dienone is 1. The molecule has 17 heavy (non-hydrogen) atoms. The number of hydrogen-bond donors (Lipinski definition) is 1. The standard InChI is InChI=1S/C14H19NO.Al/c1-5-16-11-6-7-13-12(8-11)10(2)9-14(3,4)15-13;/h6-9,15H,5H2,1-4H3;. The normalized spacial score (nSPS) is 16.1. The third-order valence-electron chi connectivity index (χ3n) is 2.76. The average molecular weight is 244 g/mol. The van der Waals surface area contributed by atoms with Crippen molar-refractivity contribution in [2.24, 2.45) is 0 Å². The van der Waals surface area contributed by atoms with Crippen LogP contribution < -0.4 is 10.1 Å². The molecule has 0 atom stereocenters. The van der Waals surface area contributed by atoms with E-state index in [1.807, 2.05) is 13.0 Å². The average Bonchev–Trinajstić information content (AvgIpc) is 2.18. The van der Waals surface area contributed by atoms with E-state index in [0.717, 1.165) is 5.75 Å². The van der Waals surface area contributed by atoms with Gasteiger partial charge in [-0.25, -0.2) is 0 Å². The first-order valence-electron chi connectivity index (χ1n) is 5.77. The molecule has 2 nitrogen and oxygen atoms in total. The first kappa shape index (κ1) is 14.2. The highest BCUT2D eigenvalue weighted by Gasteiger charge is 2.22. The number of hydrogen-bond acceptors (Lipinski definition) is 2. The predicted octanol–water partition coefficient (Wildman–Crippen LogP) is 3.31. The Hall–Kier alpha value is -0.908. The molecule has 0 amide bonds. The third kappa shape index (κ3) is 3.06. The maximum atomic E-state index is 5.52. The van der Waals surface area contributed by atoms with E-state index in [-0.39, 0.29) is 22.9 Å². The van der Waals surface area contributed by atoms with Crippen molar-refractivity contribution in [1.29, 1.82) is 0 Å². The van der Waals surface area contributed by atoms with Gasteiger partial charge in [0.1, 0.15) is 5.75 Å². The summed E-state index contributed by atoms with van der Waals surface area (Å²) in [5.74, 6) is 0.940. The molecule has 0 aliphatic carbocycles. The summed E-state index contributed by atoms with van der Waals surface area (Å²) in [6.45, 7) is 9.22. The summed E-state index contributed by atoms with van der Waals surface area (Å²) in [4.78, 5) is 0. The number of anilines is 1. The van der Waals surface area contributed by atoms with Gasteiger partial charge in [0, 0.05) is 28.6 Å². The van der Waals surface area contributed by atoms with E-state index >= 15 is 0 Å². The van der Waals surface area contributed by atoms with Crippen molar-refractivity contribution in [3.63, 3.8) is 0 Å². The second-order valence-electron chi connectivity index (χ2n) is 4.81. The maximum absolute atomic E-state index is 5.52. The van der Waals surface area contributed by atoms with Crippen molar-refractivity contribution >= 4 is 28.6 Å². The molecule has 0 unspecified atom stereocenters. The molecule has 3 heteroatoms. The van der Waals surface area contributed by atoms with Crippen molar-refractivity contribution in [1.82, 2.24) is 0 Å². The van der Waals surface area contributed by atoms with Crippen LogP contribution in [-0.4, -0.2) is 29.5 Å². The number of benzene rings is 1. The maximum Gasteiger partial charge on any atom is 0.120 e. The fraction of sp³-hybridized carbons (Fsp3) is 0.429. The molecule has 1 aliphatic rings. The van der Waals surface area contributed by atoms with Gasteiger partial charge in [0.25, 0.3) is 0 Å². The Morgan fingerprint density at radius 1 is 1.29 bits per heavy atom. The molecule has 1 aliphatic heterocycles. The lowest BCUT2D eigenvalue weighted by molar-refractivity contribution is 0.340. The third-order valence-corrected chi connectivity index (χ3v) is 2.76. The molecule has 1 heterocycles. The lowest BCUT2D eigenvalue weighted by Crippen LogP contribution is -2.31. The fourth-order valence-corrected chi connectivity index (χ4v) is 2.22. The molecule has 0 saturated carbocycles. The Bertz CT molecular complexity index is 438. The van der Waals surface area contributed by atoms with Crippen LogP contribution in [0.3, 0.4) is 0 Å².